The smallest absolute Gasteiger partial charge is 0.147 e. The lowest BCUT2D eigenvalue weighted by Gasteiger charge is -2.06. The number of halogens is 1. The maximum atomic E-state index is 13.7. The summed E-state index contributed by atoms with van der Waals surface area (Å²) >= 11 is 0. The molecule has 20 heavy (non-hydrogen) atoms. The average Bonchev–Trinajstić information content (AvgIpc) is 2.89. The summed E-state index contributed by atoms with van der Waals surface area (Å²) in [6, 6.07) is 12.1. The van der Waals surface area contributed by atoms with E-state index < -0.39 is 5.82 Å². The molecule has 0 amide bonds. The van der Waals surface area contributed by atoms with Gasteiger partial charge in [-0.3, -0.25) is 0 Å². The van der Waals surface area contributed by atoms with Crippen LogP contribution in [0.2, 0.25) is 0 Å². The molecular weight excluding hydrogens is 255 g/mol. The Hall–Kier alpha value is -2.87. The van der Waals surface area contributed by atoms with E-state index >= 15 is 0 Å². The number of rotatable bonds is 3. The molecule has 98 valence electrons. The topological polar surface area (TPSA) is 53.1 Å². The molecule has 5 heteroatoms. The van der Waals surface area contributed by atoms with E-state index in [0.29, 0.717) is 17.8 Å². The summed E-state index contributed by atoms with van der Waals surface area (Å²) in [7, 11) is 0. The van der Waals surface area contributed by atoms with Crippen LogP contribution in [0.5, 0.6) is 0 Å². The molecule has 0 fully saturated rings. The monoisotopic (exact) mass is 266 g/mol. The van der Waals surface area contributed by atoms with Gasteiger partial charge in [0.2, 0.25) is 0 Å². The molecule has 0 saturated carbocycles. The third-order valence-electron chi connectivity index (χ3n) is 3.07. The Morgan fingerprint density at radius 3 is 3.00 bits per heavy atom. The fourth-order valence-corrected chi connectivity index (χ4v) is 2.04. The first-order valence-corrected chi connectivity index (χ1v) is 6.13. The number of pyridine rings is 1. The van der Waals surface area contributed by atoms with Gasteiger partial charge in [0.05, 0.1) is 29.0 Å². The normalized spacial score (nSPS) is 10.4. The zero-order valence-electron chi connectivity index (χ0n) is 10.5. The SMILES string of the molecule is N#Cc1ccc(NCc2cnn3ccccc23)c(F)c1. The molecule has 0 unspecified atom stereocenters. The van der Waals surface area contributed by atoms with Crippen molar-refractivity contribution in [3.05, 3.63) is 65.7 Å². The molecule has 3 rings (SSSR count). The highest BCUT2D eigenvalue weighted by Gasteiger charge is 2.06. The average molecular weight is 266 g/mol. The second-order valence-electron chi connectivity index (χ2n) is 4.36. The number of hydrogen-bond donors (Lipinski definition) is 1. The van der Waals surface area contributed by atoms with Gasteiger partial charge in [0.1, 0.15) is 5.82 Å². The van der Waals surface area contributed by atoms with Gasteiger partial charge in [0.25, 0.3) is 0 Å². The first-order valence-electron chi connectivity index (χ1n) is 6.13. The van der Waals surface area contributed by atoms with Crippen molar-refractivity contribution in [2.24, 2.45) is 0 Å². The van der Waals surface area contributed by atoms with E-state index in [4.69, 9.17) is 5.26 Å². The summed E-state index contributed by atoms with van der Waals surface area (Å²) in [5.74, 6) is -0.430. The summed E-state index contributed by atoms with van der Waals surface area (Å²) in [6.45, 7) is 0.469. The number of nitrogens with one attached hydrogen (secondary N) is 1. The lowest BCUT2D eigenvalue weighted by Crippen LogP contribution is -2.01. The van der Waals surface area contributed by atoms with E-state index in [9.17, 15) is 4.39 Å². The van der Waals surface area contributed by atoms with Crippen LogP contribution in [0.3, 0.4) is 0 Å². The number of nitriles is 1. The number of aromatic nitrogens is 2. The van der Waals surface area contributed by atoms with Crippen LogP contribution in [0.25, 0.3) is 5.52 Å². The summed E-state index contributed by atoms with van der Waals surface area (Å²) in [4.78, 5) is 0. The molecule has 0 spiro atoms. The van der Waals surface area contributed by atoms with Crippen LogP contribution in [0.4, 0.5) is 10.1 Å². The fourth-order valence-electron chi connectivity index (χ4n) is 2.04. The summed E-state index contributed by atoms with van der Waals surface area (Å²) < 4.78 is 15.5. The van der Waals surface area contributed by atoms with E-state index in [1.54, 1.807) is 22.8 Å². The van der Waals surface area contributed by atoms with E-state index in [1.165, 1.54) is 6.07 Å². The van der Waals surface area contributed by atoms with Crippen molar-refractivity contribution in [3.8, 4) is 6.07 Å². The standard InChI is InChI=1S/C15H11FN4/c16-13-7-11(8-17)4-5-14(13)18-9-12-10-19-20-6-2-1-3-15(12)20/h1-7,10,18H,9H2. The number of benzene rings is 1. The summed E-state index contributed by atoms with van der Waals surface area (Å²) in [5.41, 5.74) is 2.65. The summed E-state index contributed by atoms with van der Waals surface area (Å²) in [6.07, 6.45) is 3.62. The van der Waals surface area contributed by atoms with Gasteiger partial charge in [0, 0.05) is 18.3 Å². The molecule has 4 nitrogen and oxygen atoms in total. The van der Waals surface area contributed by atoms with Crippen LogP contribution in [0.15, 0.2) is 48.8 Å². The minimum absolute atomic E-state index is 0.309. The number of fused-ring (bicyclic) bond motifs is 1. The van der Waals surface area contributed by atoms with Gasteiger partial charge in [-0.25, -0.2) is 8.91 Å². The van der Waals surface area contributed by atoms with Crippen molar-refractivity contribution in [2.75, 3.05) is 5.32 Å². The minimum atomic E-state index is -0.430. The first kappa shape index (κ1) is 12.2. The highest BCUT2D eigenvalue weighted by Crippen LogP contribution is 2.17. The molecule has 2 aromatic heterocycles. The van der Waals surface area contributed by atoms with Crippen LogP contribution in [0, 0.1) is 17.1 Å². The van der Waals surface area contributed by atoms with E-state index in [-0.39, 0.29) is 0 Å². The molecule has 2 heterocycles. The molecular formula is C15H11FN4. The largest absolute Gasteiger partial charge is 0.378 e. The third-order valence-corrected chi connectivity index (χ3v) is 3.07. The Kier molecular flexibility index (Phi) is 3.05. The van der Waals surface area contributed by atoms with Gasteiger partial charge in [-0.1, -0.05) is 6.07 Å². The Morgan fingerprint density at radius 1 is 1.30 bits per heavy atom. The molecule has 0 aliphatic rings. The van der Waals surface area contributed by atoms with E-state index in [0.717, 1.165) is 11.1 Å². The van der Waals surface area contributed by atoms with Crippen molar-refractivity contribution < 1.29 is 4.39 Å². The lowest BCUT2D eigenvalue weighted by atomic mass is 10.2. The molecule has 0 aliphatic carbocycles. The maximum Gasteiger partial charge on any atom is 0.147 e. The van der Waals surface area contributed by atoms with Gasteiger partial charge in [-0.2, -0.15) is 10.4 Å². The highest BCUT2D eigenvalue weighted by atomic mass is 19.1. The molecule has 0 saturated heterocycles. The number of anilines is 1. The Balaban J connectivity index is 1.81. The van der Waals surface area contributed by atoms with E-state index in [1.807, 2.05) is 30.5 Å². The zero-order chi connectivity index (χ0) is 13.9. The Labute approximate surface area is 115 Å². The second kappa shape index (κ2) is 5.02. The quantitative estimate of drug-likeness (QED) is 0.793. The van der Waals surface area contributed by atoms with Gasteiger partial charge < -0.3 is 5.32 Å². The molecule has 0 bridgehead atoms. The molecule has 0 radical (unpaired) electrons. The molecule has 1 N–H and O–H groups in total. The van der Waals surface area contributed by atoms with Crippen molar-refractivity contribution >= 4 is 11.2 Å². The van der Waals surface area contributed by atoms with Crippen molar-refractivity contribution in [3.63, 3.8) is 0 Å². The van der Waals surface area contributed by atoms with Gasteiger partial charge >= 0.3 is 0 Å². The van der Waals surface area contributed by atoms with Crippen LogP contribution in [-0.2, 0) is 6.54 Å². The van der Waals surface area contributed by atoms with Crippen molar-refractivity contribution in [2.45, 2.75) is 6.54 Å². The van der Waals surface area contributed by atoms with Gasteiger partial charge in [0.15, 0.2) is 0 Å². The maximum absolute atomic E-state index is 13.7. The molecule has 1 aromatic carbocycles. The van der Waals surface area contributed by atoms with Crippen LogP contribution in [0.1, 0.15) is 11.1 Å². The first-order chi connectivity index (χ1) is 9.78. The number of nitrogens with zero attached hydrogens (tertiary/aromatic N) is 3. The third kappa shape index (κ3) is 2.19. The van der Waals surface area contributed by atoms with Crippen molar-refractivity contribution in [1.29, 1.82) is 5.26 Å². The second-order valence-corrected chi connectivity index (χ2v) is 4.36. The molecule has 0 atom stereocenters. The van der Waals surface area contributed by atoms with Gasteiger partial charge in [-0.15, -0.1) is 0 Å². The zero-order valence-corrected chi connectivity index (χ0v) is 10.5. The fraction of sp³-hybridized carbons (Fsp3) is 0.0667. The Morgan fingerprint density at radius 2 is 2.20 bits per heavy atom. The van der Waals surface area contributed by atoms with Crippen LogP contribution >= 0.6 is 0 Å². The molecule has 0 aliphatic heterocycles. The van der Waals surface area contributed by atoms with E-state index in [2.05, 4.69) is 10.4 Å². The predicted molar refractivity (Wildman–Crippen MR) is 73.6 cm³/mol. The highest BCUT2D eigenvalue weighted by molar-refractivity contribution is 5.56. The van der Waals surface area contributed by atoms with Crippen LogP contribution in [-0.4, -0.2) is 9.61 Å². The lowest BCUT2D eigenvalue weighted by molar-refractivity contribution is 0.629. The molecule has 3 aromatic rings. The minimum Gasteiger partial charge on any atom is -0.378 e. The van der Waals surface area contributed by atoms with Crippen LogP contribution < -0.4 is 5.32 Å². The van der Waals surface area contributed by atoms with Crippen molar-refractivity contribution in [1.82, 2.24) is 9.61 Å². The summed E-state index contributed by atoms with van der Waals surface area (Å²) in [5, 5.41) is 15.9. The predicted octanol–water partition coefficient (Wildman–Crippen LogP) is 2.96. The number of hydrogen-bond acceptors (Lipinski definition) is 3. The van der Waals surface area contributed by atoms with Gasteiger partial charge in [-0.05, 0) is 30.3 Å². The Bertz CT molecular complexity index is 801.